The lowest BCUT2D eigenvalue weighted by Crippen LogP contribution is -2.13. The van der Waals surface area contributed by atoms with Crippen LogP contribution < -0.4 is 10.1 Å². The first-order valence-corrected chi connectivity index (χ1v) is 6.58. The number of rotatable bonds is 9. The second-order valence-corrected chi connectivity index (χ2v) is 4.58. The summed E-state index contributed by atoms with van der Waals surface area (Å²) in [5.74, 6) is 1.36. The van der Waals surface area contributed by atoms with Gasteiger partial charge in [-0.2, -0.15) is 0 Å². The third-order valence-electron chi connectivity index (χ3n) is 2.30. The van der Waals surface area contributed by atoms with E-state index in [2.05, 4.69) is 31.1 Å². The molecule has 1 heterocycles. The van der Waals surface area contributed by atoms with E-state index in [1.165, 1.54) is 0 Å². The lowest BCUT2D eigenvalue weighted by molar-refractivity contribution is 0.0818. The van der Waals surface area contributed by atoms with Crippen molar-refractivity contribution in [3.05, 3.63) is 24.0 Å². The molecule has 0 aromatic carbocycles. The van der Waals surface area contributed by atoms with Gasteiger partial charge >= 0.3 is 0 Å². The van der Waals surface area contributed by atoms with E-state index in [1.54, 1.807) is 6.20 Å². The molecule has 0 aliphatic heterocycles. The molecule has 0 atom stereocenters. The van der Waals surface area contributed by atoms with Gasteiger partial charge in [-0.3, -0.25) is 4.98 Å². The molecular weight excluding hydrogens is 228 g/mol. The Hall–Kier alpha value is -1.13. The van der Waals surface area contributed by atoms with Gasteiger partial charge < -0.3 is 14.8 Å². The van der Waals surface area contributed by atoms with Gasteiger partial charge in [-0.25, -0.2) is 0 Å². The highest BCUT2D eigenvalue weighted by Gasteiger charge is 1.98. The lowest BCUT2D eigenvalue weighted by atomic mass is 10.2. The summed E-state index contributed by atoms with van der Waals surface area (Å²) >= 11 is 0. The maximum Gasteiger partial charge on any atom is 0.137 e. The lowest BCUT2D eigenvalue weighted by Gasteiger charge is -2.09. The Morgan fingerprint density at radius 1 is 1.28 bits per heavy atom. The van der Waals surface area contributed by atoms with Crippen LogP contribution in [0.1, 0.15) is 26.5 Å². The molecule has 1 aromatic heterocycles. The summed E-state index contributed by atoms with van der Waals surface area (Å²) in [7, 11) is 0. The summed E-state index contributed by atoms with van der Waals surface area (Å²) < 4.78 is 11.0. The summed E-state index contributed by atoms with van der Waals surface area (Å²) in [4.78, 5) is 4.32. The van der Waals surface area contributed by atoms with E-state index >= 15 is 0 Å². The monoisotopic (exact) mass is 252 g/mol. The van der Waals surface area contributed by atoms with E-state index in [0.717, 1.165) is 31.1 Å². The molecule has 1 N–H and O–H groups in total. The maximum absolute atomic E-state index is 5.54. The first kappa shape index (κ1) is 14.9. The number of hydrogen-bond donors (Lipinski definition) is 1. The van der Waals surface area contributed by atoms with Crippen molar-refractivity contribution in [1.29, 1.82) is 0 Å². The third kappa shape index (κ3) is 6.57. The number of ether oxygens (including phenoxy) is 2. The van der Waals surface area contributed by atoms with Gasteiger partial charge in [0.15, 0.2) is 0 Å². The fourth-order valence-electron chi connectivity index (χ4n) is 1.39. The van der Waals surface area contributed by atoms with Crippen LogP contribution in [0.25, 0.3) is 0 Å². The number of pyridine rings is 1. The van der Waals surface area contributed by atoms with E-state index in [0.29, 0.717) is 19.1 Å². The molecule has 102 valence electrons. The minimum atomic E-state index is 0.567. The summed E-state index contributed by atoms with van der Waals surface area (Å²) in [6, 6.07) is 3.93. The summed E-state index contributed by atoms with van der Waals surface area (Å²) in [5, 5.41) is 3.23. The van der Waals surface area contributed by atoms with Crippen LogP contribution >= 0.6 is 0 Å². The van der Waals surface area contributed by atoms with Gasteiger partial charge in [0.25, 0.3) is 0 Å². The molecule has 0 saturated carbocycles. The standard InChI is InChI=1S/C14H24N2O2/c1-4-15-9-13-5-6-14(10-16-13)18-8-7-17-11-12(2)3/h5-6,10,12,15H,4,7-9,11H2,1-3H3. The van der Waals surface area contributed by atoms with E-state index in [4.69, 9.17) is 9.47 Å². The van der Waals surface area contributed by atoms with Crippen molar-refractivity contribution in [3.63, 3.8) is 0 Å². The van der Waals surface area contributed by atoms with Gasteiger partial charge in [0, 0.05) is 13.2 Å². The quantitative estimate of drug-likeness (QED) is 0.685. The number of nitrogens with zero attached hydrogens (tertiary/aromatic N) is 1. The van der Waals surface area contributed by atoms with Gasteiger partial charge in [0.2, 0.25) is 0 Å². The van der Waals surface area contributed by atoms with Gasteiger partial charge in [-0.05, 0) is 24.6 Å². The molecule has 0 bridgehead atoms. The molecule has 4 nitrogen and oxygen atoms in total. The van der Waals surface area contributed by atoms with Crippen molar-refractivity contribution in [2.45, 2.75) is 27.3 Å². The van der Waals surface area contributed by atoms with Gasteiger partial charge in [-0.15, -0.1) is 0 Å². The molecule has 0 amide bonds. The Morgan fingerprint density at radius 3 is 2.72 bits per heavy atom. The van der Waals surface area contributed by atoms with Crippen molar-refractivity contribution in [1.82, 2.24) is 10.3 Å². The van der Waals surface area contributed by atoms with Crippen LogP contribution in [0, 0.1) is 5.92 Å². The molecule has 0 aliphatic rings. The molecule has 0 unspecified atom stereocenters. The van der Waals surface area contributed by atoms with E-state index < -0.39 is 0 Å². The Kier molecular flexibility index (Phi) is 7.37. The minimum Gasteiger partial charge on any atom is -0.490 e. The predicted molar refractivity (Wildman–Crippen MR) is 72.8 cm³/mol. The Morgan fingerprint density at radius 2 is 2.11 bits per heavy atom. The van der Waals surface area contributed by atoms with Gasteiger partial charge in [-0.1, -0.05) is 20.8 Å². The molecule has 1 rings (SSSR count). The Labute approximate surface area is 110 Å². The average molecular weight is 252 g/mol. The Balaban J connectivity index is 2.18. The largest absolute Gasteiger partial charge is 0.490 e. The zero-order chi connectivity index (χ0) is 13.2. The number of hydrogen-bond acceptors (Lipinski definition) is 4. The first-order valence-electron chi connectivity index (χ1n) is 6.58. The Bertz CT molecular complexity index is 312. The van der Waals surface area contributed by atoms with Crippen LogP contribution in [0.4, 0.5) is 0 Å². The molecule has 0 aliphatic carbocycles. The van der Waals surface area contributed by atoms with E-state index in [1.807, 2.05) is 12.1 Å². The van der Waals surface area contributed by atoms with Crippen molar-refractivity contribution >= 4 is 0 Å². The molecule has 0 saturated heterocycles. The van der Waals surface area contributed by atoms with Crippen LogP contribution in [0.3, 0.4) is 0 Å². The zero-order valence-electron chi connectivity index (χ0n) is 11.6. The predicted octanol–water partition coefficient (Wildman–Crippen LogP) is 2.24. The maximum atomic E-state index is 5.54. The topological polar surface area (TPSA) is 43.4 Å². The third-order valence-corrected chi connectivity index (χ3v) is 2.30. The van der Waals surface area contributed by atoms with Crippen LogP contribution in [0.15, 0.2) is 18.3 Å². The number of aromatic nitrogens is 1. The highest BCUT2D eigenvalue weighted by molar-refractivity contribution is 5.19. The smallest absolute Gasteiger partial charge is 0.137 e. The van der Waals surface area contributed by atoms with Crippen molar-refractivity contribution in [2.75, 3.05) is 26.4 Å². The van der Waals surface area contributed by atoms with Crippen molar-refractivity contribution in [2.24, 2.45) is 5.92 Å². The minimum absolute atomic E-state index is 0.567. The van der Waals surface area contributed by atoms with Crippen LogP contribution in [0.5, 0.6) is 5.75 Å². The highest BCUT2D eigenvalue weighted by atomic mass is 16.5. The zero-order valence-corrected chi connectivity index (χ0v) is 11.6. The highest BCUT2D eigenvalue weighted by Crippen LogP contribution is 2.08. The fourth-order valence-corrected chi connectivity index (χ4v) is 1.39. The molecule has 1 aromatic rings. The van der Waals surface area contributed by atoms with E-state index in [9.17, 15) is 0 Å². The van der Waals surface area contributed by atoms with Gasteiger partial charge in [0.1, 0.15) is 12.4 Å². The molecule has 18 heavy (non-hydrogen) atoms. The SMILES string of the molecule is CCNCc1ccc(OCCOCC(C)C)cn1. The first-order chi connectivity index (χ1) is 8.72. The summed E-state index contributed by atoms with van der Waals surface area (Å²) in [6.07, 6.45) is 1.76. The van der Waals surface area contributed by atoms with Crippen LogP contribution in [-0.4, -0.2) is 31.3 Å². The number of nitrogens with one attached hydrogen (secondary N) is 1. The van der Waals surface area contributed by atoms with E-state index in [-0.39, 0.29) is 0 Å². The second-order valence-electron chi connectivity index (χ2n) is 4.58. The molecule has 0 spiro atoms. The van der Waals surface area contributed by atoms with Gasteiger partial charge in [0.05, 0.1) is 18.5 Å². The summed E-state index contributed by atoms with van der Waals surface area (Å²) in [5.41, 5.74) is 1.03. The molecule has 0 radical (unpaired) electrons. The second kappa shape index (κ2) is 8.89. The van der Waals surface area contributed by atoms with Crippen LogP contribution in [-0.2, 0) is 11.3 Å². The van der Waals surface area contributed by atoms with Crippen molar-refractivity contribution in [3.8, 4) is 5.75 Å². The molecule has 0 fully saturated rings. The fraction of sp³-hybridized carbons (Fsp3) is 0.643. The summed E-state index contributed by atoms with van der Waals surface area (Å²) in [6.45, 7) is 10.1. The molecule has 4 heteroatoms. The normalized spacial score (nSPS) is 10.9. The van der Waals surface area contributed by atoms with Crippen LogP contribution in [0.2, 0.25) is 0 Å². The van der Waals surface area contributed by atoms with Crippen molar-refractivity contribution < 1.29 is 9.47 Å². The molecular formula is C14H24N2O2. The average Bonchev–Trinajstić information content (AvgIpc) is 2.37.